The van der Waals surface area contributed by atoms with E-state index in [-0.39, 0.29) is 6.10 Å². The number of nitrogens with one attached hydrogen (secondary N) is 1. The average molecular weight is 327 g/mol. The molecular formula is C18H21N3OS. The van der Waals surface area contributed by atoms with E-state index in [0.717, 1.165) is 43.9 Å². The highest BCUT2D eigenvalue weighted by Crippen LogP contribution is 2.27. The molecule has 0 spiro atoms. The number of piperidine rings is 1. The number of thiophene rings is 1. The molecule has 120 valence electrons. The minimum atomic E-state index is -0.202. The number of nitriles is 1. The van der Waals surface area contributed by atoms with Gasteiger partial charge in [-0.1, -0.05) is 0 Å². The fourth-order valence-electron chi connectivity index (χ4n) is 2.89. The van der Waals surface area contributed by atoms with Crippen LogP contribution >= 0.6 is 11.3 Å². The van der Waals surface area contributed by atoms with Gasteiger partial charge in [0, 0.05) is 30.2 Å². The quantitative estimate of drug-likeness (QED) is 0.902. The van der Waals surface area contributed by atoms with Gasteiger partial charge in [0.05, 0.1) is 17.4 Å². The number of aliphatic hydroxyl groups excluding tert-OH is 1. The minimum absolute atomic E-state index is 0.202. The number of hydrogen-bond donors (Lipinski definition) is 2. The smallest absolute Gasteiger partial charge is 0.101 e. The van der Waals surface area contributed by atoms with Crippen LogP contribution in [0.2, 0.25) is 0 Å². The summed E-state index contributed by atoms with van der Waals surface area (Å²) in [4.78, 5) is 3.51. The first kappa shape index (κ1) is 15.9. The number of aryl methyl sites for hydroxylation is 1. The third-order valence-electron chi connectivity index (χ3n) is 4.34. The SMILES string of the molecule is Cc1ccsc1CNc1ccc(N2CCC(O)CC2)c(C#N)c1. The summed E-state index contributed by atoms with van der Waals surface area (Å²) in [5.74, 6) is 0. The molecule has 0 atom stereocenters. The van der Waals surface area contributed by atoms with E-state index in [9.17, 15) is 10.4 Å². The Hall–Kier alpha value is -2.03. The van der Waals surface area contributed by atoms with Crippen molar-refractivity contribution in [3.63, 3.8) is 0 Å². The Morgan fingerprint density at radius 2 is 2.13 bits per heavy atom. The van der Waals surface area contributed by atoms with Crippen molar-refractivity contribution in [1.82, 2.24) is 0 Å². The van der Waals surface area contributed by atoms with E-state index in [4.69, 9.17) is 0 Å². The van der Waals surface area contributed by atoms with Crippen molar-refractivity contribution in [1.29, 1.82) is 5.26 Å². The molecule has 1 aliphatic rings. The van der Waals surface area contributed by atoms with Crippen molar-refractivity contribution in [3.05, 3.63) is 45.6 Å². The van der Waals surface area contributed by atoms with Gasteiger partial charge in [-0.25, -0.2) is 0 Å². The summed E-state index contributed by atoms with van der Waals surface area (Å²) in [5, 5.41) is 24.6. The number of aliphatic hydroxyl groups is 1. The van der Waals surface area contributed by atoms with Gasteiger partial charge in [-0.05, 0) is 55.0 Å². The third-order valence-corrected chi connectivity index (χ3v) is 5.37. The highest BCUT2D eigenvalue weighted by Gasteiger charge is 2.19. The van der Waals surface area contributed by atoms with Crippen LogP contribution in [-0.4, -0.2) is 24.3 Å². The Morgan fingerprint density at radius 3 is 2.78 bits per heavy atom. The Bertz CT molecular complexity index is 711. The molecule has 0 unspecified atom stereocenters. The lowest BCUT2D eigenvalue weighted by Crippen LogP contribution is -2.36. The molecule has 0 saturated carbocycles. The Kier molecular flexibility index (Phi) is 4.85. The Balaban J connectivity index is 1.72. The summed E-state index contributed by atoms with van der Waals surface area (Å²) in [6.45, 7) is 4.50. The zero-order valence-corrected chi connectivity index (χ0v) is 14.1. The molecule has 1 fully saturated rings. The maximum absolute atomic E-state index is 9.63. The molecule has 4 nitrogen and oxygen atoms in total. The van der Waals surface area contributed by atoms with E-state index in [0.29, 0.717) is 5.56 Å². The van der Waals surface area contributed by atoms with Crippen LogP contribution in [0.4, 0.5) is 11.4 Å². The van der Waals surface area contributed by atoms with Crippen LogP contribution in [0.15, 0.2) is 29.6 Å². The first-order chi connectivity index (χ1) is 11.2. The highest BCUT2D eigenvalue weighted by molar-refractivity contribution is 7.10. The summed E-state index contributed by atoms with van der Waals surface area (Å²) in [6.07, 6.45) is 1.33. The summed E-state index contributed by atoms with van der Waals surface area (Å²) in [5.41, 5.74) is 3.92. The molecule has 2 N–H and O–H groups in total. The van der Waals surface area contributed by atoms with Gasteiger partial charge in [-0.15, -0.1) is 11.3 Å². The van der Waals surface area contributed by atoms with Crippen LogP contribution < -0.4 is 10.2 Å². The van der Waals surface area contributed by atoms with Crippen LogP contribution in [0.1, 0.15) is 28.8 Å². The number of rotatable bonds is 4. The summed E-state index contributed by atoms with van der Waals surface area (Å²) in [6, 6.07) is 10.4. The van der Waals surface area contributed by atoms with Gasteiger partial charge in [0.2, 0.25) is 0 Å². The Morgan fingerprint density at radius 1 is 1.35 bits per heavy atom. The molecule has 1 aromatic carbocycles. The second kappa shape index (κ2) is 7.03. The predicted octanol–water partition coefficient (Wildman–Crippen LogP) is 3.50. The van der Waals surface area contributed by atoms with Crippen LogP contribution in [0.5, 0.6) is 0 Å². The maximum atomic E-state index is 9.63. The zero-order valence-electron chi connectivity index (χ0n) is 13.2. The molecule has 5 heteroatoms. The average Bonchev–Trinajstić information content (AvgIpc) is 2.98. The highest BCUT2D eigenvalue weighted by atomic mass is 32.1. The van der Waals surface area contributed by atoms with E-state index in [2.05, 4.69) is 34.7 Å². The van der Waals surface area contributed by atoms with Crippen LogP contribution in [0.3, 0.4) is 0 Å². The molecule has 2 aromatic rings. The fraction of sp³-hybridized carbons (Fsp3) is 0.389. The van der Waals surface area contributed by atoms with Gasteiger partial charge in [0.15, 0.2) is 0 Å². The van der Waals surface area contributed by atoms with E-state index in [1.165, 1.54) is 10.4 Å². The van der Waals surface area contributed by atoms with Crippen molar-refractivity contribution in [2.45, 2.75) is 32.4 Å². The maximum Gasteiger partial charge on any atom is 0.101 e. The van der Waals surface area contributed by atoms with Crippen molar-refractivity contribution >= 4 is 22.7 Å². The van der Waals surface area contributed by atoms with E-state index >= 15 is 0 Å². The lowest BCUT2D eigenvalue weighted by molar-refractivity contribution is 0.145. The van der Waals surface area contributed by atoms with Gasteiger partial charge in [-0.3, -0.25) is 0 Å². The largest absolute Gasteiger partial charge is 0.393 e. The number of anilines is 2. The molecular weight excluding hydrogens is 306 g/mol. The molecule has 0 amide bonds. The molecule has 1 saturated heterocycles. The lowest BCUT2D eigenvalue weighted by atomic mass is 10.0. The second-order valence-electron chi connectivity index (χ2n) is 5.94. The molecule has 3 rings (SSSR count). The summed E-state index contributed by atoms with van der Waals surface area (Å²) in [7, 11) is 0. The van der Waals surface area contributed by atoms with Crippen molar-refractivity contribution < 1.29 is 5.11 Å². The first-order valence-corrected chi connectivity index (χ1v) is 8.79. The van der Waals surface area contributed by atoms with Crippen molar-refractivity contribution in [2.75, 3.05) is 23.3 Å². The number of hydrogen-bond acceptors (Lipinski definition) is 5. The van der Waals surface area contributed by atoms with Gasteiger partial charge >= 0.3 is 0 Å². The molecule has 0 radical (unpaired) electrons. The van der Waals surface area contributed by atoms with Gasteiger partial charge in [0.1, 0.15) is 6.07 Å². The number of nitrogens with zero attached hydrogens (tertiary/aromatic N) is 2. The zero-order chi connectivity index (χ0) is 16.2. The summed E-state index contributed by atoms with van der Waals surface area (Å²) >= 11 is 1.75. The van der Waals surface area contributed by atoms with Gasteiger partial charge in [0.25, 0.3) is 0 Å². The monoisotopic (exact) mass is 327 g/mol. The minimum Gasteiger partial charge on any atom is -0.393 e. The molecule has 0 bridgehead atoms. The first-order valence-electron chi connectivity index (χ1n) is 7.91. The molecule has 23 heavy (non-hydrogen) atoms. The summed E-state index contributed by atoms with van der Waals surface area (Å²) < 4.78 is 0. The third kappa shape index (κ3) is 3.66. The van der Waals surface area contributed by atoms with Crippen molar-refractivity contribution in [2.24, 2.45) is 0 Å². The van der Waals surface area contributed by atoms with Crippen LogP contribution in [0, 0.1) is 18.3 Å². The topological polar surface area (TPSA) is 59.3 Å². The molecule has 1 aromatic heterocycles. The lowest BCUT2D eigenvalue weighted by Gasteiger charge is -2.32. The van der Waals surface area contributed by atoms with Gasteiger partial charge < -0.3 is 15.3 Å². The van der Waals surface area contributed by atoms with Crippen molar-refractivity contribution in [3.8, 4) is 6.07 Å². The van der Waals surface area contributed by atoms with Gasteiger partial charge in [-0.2, -0.15) is 5.26 Å². The number of benzene rings is 1. The molecule has 1 aliphatic heterocycles. The molecule has 0 aliphatic carbocycles. The standard InChI is InChI=1S/C18H21N3OS/c1-13-6-9-23-18(13)12-20-15-2-3-17(14(10-15)11-19)21-7-4-16(22)5-8-21/h2-3,6,9-10,16,20,22H,4-5,7-8,12H2,1H3. The molecule has 2 heterocycles. The van der Waals surface area contributed by atoms with Crippen LogP contribution in [-0.2, 0) is 6.54 Å². The van der Waals surface area contributed by atoms with E-state index in [1.54, 1.807) is 11.3 Å². The van der Waals surface area contributed by atoms with Crippen LogP contribution in [0.25, 0.3) is 0 Å². The fourth-order valence-corrected chi connectivity index (χ4v) is 3.73. The second-order valence-corrected chi connectivity index (χ2v) is 6.94. The van der Waals surface area contributed by atoms with E-state index in [1.807, 2.05) is 18.2 Å². The van der Waals surface area contributed by atoms with E-state index < -0.39 is 0 Å². The predicted molar refractivity (Wildman–Crippen MR) is 95.0 cm³/mol. The Labute approximate surface area is 141 Å². The normalized spacial score (nSPS) is 15.4.